The van der Waals surface area contributed by atoms with E-state index in [1.54, 1.807) is 0 Å². The summed E-state index contributed by atoms with van der Waals surface area (Å²) in [5.74, 6) is 1.41. The maximum atomic E-state index is 11.4. The number of fused-ring (bicyclic) bond motifs is 2. The van der Waals surface area contributed by atoms with E-state index in [-0.39, 0.29) is 82.3 Å². The molecule has 0 saturated heterocycles. The summed E-state index contributed by atoms with van der Waals surface area (Å²) in [6, 6.07) is 19.7. The van der Waals surface area contributed by atoms with Crippen LogP contribution in [0.5, 0.6) is 5.75 Å². The minimum atomic E-state index is -4.27. The number of aliphatic hydroxyl groups excluding tert-OH is 1. The first-order chi connectivity index (χ1) is 29.0. The average molecular weight is 938 g/mol. The molecule has 0 amide bonds. The number of hydrogen-bond acceptors (Lipinski definition) is 10. The van der Waals surface area contributed by atoms with Gasteiger partial charge in [-0.05, 0) is 128 Å². The van der Waals surface area contributed by atoms with Gasteiger partial charge in [0.05, 0.1) is 39.3 Å². The minimum absolute atomic E-state index is 0. The fourth-order valence-corrected chi connectivity index (χ4v) is 9.09. The fourth-order valence-electron chi connectivity index (χ4n) is 8.31. The van der Waals surface area contributed by atoms with Crippen molar-refractivity contribution in [3.8, 4) is 5.75 Å². The molecule has 6 rings (SSSR count). The molecular weight excluding hydrogens is 880 g/mol. The summed E-state index contributed by atoms with van der Waals surface area (Å²) in [6.45, 7) is 13.2. The van der Waals surface area contributed by atoms with E-state index >= 15 is 0 Å². The summed E-state index contributed by atoms with van der Waals surface area (Å²) in [5, 5.41) is 10.0. The van der Waals surface area contributed by atoms with Gasteiger partial charge in [-0.15, -0.1) is 24.3 Å². The number of anilines is 1. The number of aliphatic hydroxyl groups is 1. The quantitative estimate of drug-likeness (QED) is 0.0708. The summed E-state index contributed by atoms with van der Waals surface area (Å²) in [6.07, 6.45) is 18.2. The van der Waals surface area contributed by atoms with Crippen LogP contribution in [0, 0.1) is 6.07 Å². The third-order valence-corrected chi connectivity index (χ3v) is 12.5. The van der Waals surface area contributed by atoms with Crippen molar-refractivity contribution < 1.29 is 99.1 Å². The third-order valence-electron chi connectivity index (χ3n) is 11.5. The molecule has 3 aromatic rings. The molecule has 1 aromatic heterocycles. The Balaban J connectivity index is 0.00000169. The van der Waals surface area contributed by atoms with Gasteiger partial charge in [-0.25, -0.2) is 13.0 Å². The Morgan fingerprint density at radius 1 is 0.984 bits per heavy atom. The number of allylic oxidation sites excluding steroid dienone is 8. The van der Waals surface area contributed by atoms with E-state index in [0.29, 0.717) is 32.4 Å². The van der Waals surface area contributed by atoms with Gasteiger partial charge in [0.15, 0.2) is 5.71 Å². The van der Waals surface area contributed by atoms with Crippen LogP contribution in [0.4, 0.5) is 11.5 Å². The molecule has 0 bridgehead atoms. The second kappa shape index (κ2) is 24.9. The Kier molecular flexibility index (Phi) is 21.7. The molecular formula is C47H57ClN3Na2O8S2+. The predicted molar refractivity (Wildman–Crippen MR) is 240 cm³/mol. The van der Waals surface area contributed by atoms with Crippen molar-refractivity contribution in [2.24, 2.45) is 4.99 Å². The molecule has 0 spiro atoms. The van der Waals surface area contributed by atoms with E-state index in [2.05, 4.69) is 98.7 Å². The first-order valence-electron chi connectivity index (χ1n) is 21.0. The number of aromatic nitrogens is 1. The zero-order chi connectivity index (χ0) is 44.4. The number of aryl methyl sites for hydroxylation is 1. The fraction of sp³-hybridized carbons (Fsp3) is 0.447. The Hall–Kier alpha value is -2.40. The second-order valence-electron chi connectivity index (χ2n) is 16.6. The van der Waals surface area contributed by atoms with Gasteiger partial charge in [-0.2, -0.15) is 18.2 Å². The van der Waals surface area contributed by atoms with Crippen LogP contribution in [-0.4, -0.2) is 61.9 Å². The van der Waals surface area contributed by atoms with Crippen LogP contribution in [0.1, 0.15) is 109 Å². The molecule has 1 N–H and O–H groups in total. The molecule has 0 fully saturated rings. The molecule has 328 valence electrons. The van der Waals surface area contributed by atoms with Crippen LogP contribution in [0.25, 0.3) is 5.57 Å². The first-order valence-corrected chi connectivity index (χ1v) is 23.9. The van der Waals surface area contributed by atoms with Crippen molar-refractivity contribution in [1.29, 1.82) is 0 Å². The molecule has 0 unspecified atom stereocenters. The number of hydrogen-bond donors (Lipinski definition) is 1. The molecule has 0 atom stereocenters. The number of rotatable bonds is 17. The number of nitrogens with zero attached hydrogens (tertiary/aromatic N) is 3. The van der Waals surface area contributed by atoms with E-state index in [1.807, 2.05) is 30.5 Å². The molecule has 3 aliphatic rings. The number of benzene rings is 2. The number of ether oxygens (including phenoxy) is 1. The van der Waals surface area contributed by atoms with Crippen LogP contribution >= 0.6 is 11.6 Å². The summed E-state index contributed by atoms with van der Waals surface area (Å²) in [7, 11) is -7.38. The average Bonchev–Trinajstić information content (AvgIpc) is 3.58. The smallest absolute Gasteiger partial charge is 0.748 e. The number of aliphatic imine (C=N–C) groups is 1. The van der Waals surface area contributed by atoms with Crippen molar-refractivity contribution in [3.05, 3.63) is 124 Å². The molecule has 16 heteroatoms. The molecule has 3 heterocycles. The third kappa shape index (κ3) is 14.5. The minimum Gasteiger partial charge on any atom is -0.748 e. The Morgan fingerprint density at radius 2 is 1.73 bits per heavy atom. The van der Waals surface area contributed by atoms with Gasteiger partial charge in [0, 0.05) is 24.6 Å². The molecule has 63 heavy (non-hydrogen) atoms. The molecule has 1 aliphatic carbocycles. The van der Waals surface area contributed by atoms with E-state index in [0.717, 1.165) is 89.9 Å². The standard InChI is InChI=1S/C47H58ClN3O5S.2Na.O3S/c1-6-7-26-50-33-37(48)32-40-45(50)49-42(46(40,2)3)24-22-34-16-14-17-35(44(34)36-18-15-19-38(31-36)56-29-12-11-28-52)23-25-43-47(4,5)39-20-8-9-21-41(39)51(43)27-10-13-30-57(53,54)55;;;1-4(2)3/h9,15,18-25,31-33,52H,6-7,10-14,16-17,26-30H2,1-5H3,(H,53,54,55);;;/q;2*+1;/p-1. The van der Waals surface area contributed by atoms with Gasteiger partial charge in [-0.1, -0.05) is 68.8 Å². The maximum Gasteiger partial charge on any atom is 1.00 e. The van der Waals surface area contributed by atoms with Gasteiger partial charge < -0.3 is 19.3 Å². The van der Waals surface area contributed by atoms with Crippen molar-refractivity contribution in [3.63, 3.8) is 0 Å². The number of unbranched alkanes of at least 4 members (excludes halogenated alkanes) is 3. The largest absolute Gasteiger partial charge is 1.00 e. The summed E-state index contributed by atoms with van der Waals surface area (Å²) >= 11 is 6.65. The van der Waals surface area contributed by atoms with Crippen molar-refractivity contribution in [2.75, 3.05) is 30.4 Å². The van der Waals surface area contributed by atoms with Gasteiger partial charge >= 0.3 is 75.5 Å². The summed E-state index contributed by atoms with van der Waals surface area (Å²) in [4.78, 5) is 7.51. The first kappa shape index (κ1) is 54.9. The van der Waals surface area contributed by atoms with Crippen molar-refractivity contribution >= 4 is 55.1 Å². The molecule has 11 nitrogen and oxygen atoms in total. The van der Waals surface area contributed by atoms with Crippen LogP contribution in [0.3, 0.4) is 0 Å². The van der Waals surface area contributed by atoms with Crippen LogP contribution in [0.2, 0.25) is 5.02 Å². The zero-order valence-corrected chi connectivity index (χ0v) is 44.1. The Bertz CT molecular complexity index is 2460. The molecule has 2 aliphatic heterocycles. The van der Waals surface area contributed by atoms with Gasteiger partial charge in [-0.3, -0.25) is 0 Å². The summed E-state index contributed by atoms with van der Waals surface area (Å²) < 4.78 is 67.8. The van der Waals surface area contributed by atoms with Gasteiger partial charge in [0.2, 0.25) is 0 Å². The molecule has 0 radical (unpaired) electrons. The van der Waals surface area contributed by atoms with Crippen LogP contribution < -0.4 is 73.3 Å². The van der Waals surface area contributed by atoms with E-state index < -0.39 is 20.7 Å². The maximum absolute atomic E-state index is 11.4. The van der Waals surface area contributed by atoms with Gasteiger partial charge in [0.25, 0.3) is 0 Å². The molecule has 2 aromatic carbocycles. The predicted octanol–water partition coefficient (Wildman–Crippen LogP) is 2.87. The van der Waals surface area contributed by atoms with Crippen molar-refractivity contribution in [2.45, 2.75) is 110 Å². The van der Waals surface area contributed by atoms with E-state index in [1.165, 1.54) is 22.3 Å². The molecule has 0 saturated carbocycles. The topological polar surface area (TPSA) is 157 Å². The van der Waals surface area contributed by atoms with E-state index in [9.17, 15) is 18.1 Å². The Labute approximate surface area is 424 Å². The summed E-state index contributed by atoms with van der Waals surface area (Å²) in [5.41, 5.74) is 9.57. The normalized spacial score (nSPS) is 17.4. The second-order valence-corrected chi connectivity index (χ2v) is 19.0. The monoisotopic (exact) mass is 936 g/mol. The zero-order valence-electron chi connectivity index (χ0n) is 37.7. The van der Waals surface area contributed by atoms with Crippen LogP contribution in [0.15, 0.2) is 101 Å². The van der Waals surface area contributed by atoms with E-state index in [4.69, 9.17) is 34.0 Å². The SMILES string of the molecule is CCCC[n+]1cc(Cl)cc2c1N=C(/C=C/C1=C(c3cccc(OCCCCO)c3)C(=C/C=C3/N(CCCCS(=O)(=O)[O-])c4cc[c-]cc4C3(C)C)/CCC1)C2(C)C.O=S(=O)=O.[Na+].[Na+]. The number of pyridine rings is 1. The van der Waals surface area contributed by atoms with Crippen LogP contribution in [-0.2, 0) is 38.1 Å². The van der Waals surface area contributed by atoms with Crippen molar-refractivity contribution in [1.82, 2.24) is 0 Å². The Morgan fingerprint density at radius 3 is 2.43 bits per heavy atom. The van der Waals surface area contributed by atoms with Gasteiger partial charge in [0.1, 0.15) is 11.9 Å². The number of halogens is 1.